The second-order valence-electron chi connectivity index (χ2n) is 4.55. The minimum Gasteiger partial charge on any atom is -0.362 e. The Morgan fingerprint density at radius 3 is 2.58 bits per heavy atom. The second-order valence-corrected chi connectivity index (χ2v) is 4.55. The fraction of sp³-hybridized carbons (Fsp3) is 0.571. The predicted octanol–water partition coefficient (Wildman–Crippen LogP) is 1.22. The summed E-state index contributed by atoms with van der Waals surface area (Å²) >= 11 is 0. The molecule has 0 aromatic carbocycles. The van der Waals surface area contributed by atoms with Crippen LogP contribution in [0.5, 0.6) is 0 Å². The molecule has 0 aliphatic carbocycles. The molecule has 1 aromatic heterocycles. The molecule has 0 radical (unpaired) electrons. The topological polar surface area (TPSA) is 48.5 Å². The summed E-state index contributed by atoms with van der Waals surface area (Å²) in [4.78, 5) is 20.5. The molecule has 5 heteroatoms. The smallest absolute Gasteiger partial charge is 0.255 e. The van der Waals surface area contributed by atoms with Crippen molar-refractivity contribution in [3.63, 3.8) is 0 Å². The molecule has 0 aliphatic rings. The molecule has 1 rings (SSSR count). The minimum atomic E-state index is -0.0658. The Morgan fingerprint density at radius 1 is 1.32 bits per heavy atom. The number of hydrogen-bond donors (Lipinski definition) is 1. The summed E-state index contributed by atoms with van der Waals surface area (Å²) in [6.45, 7) is 7.77. The number of pyridine rings is 1. The van der Waals surface area contributed by atoms with Crippen LogP contribution in [0.25, 0.3) is 0 Å². The Bertz CT molecular complexity index is 402. The van der Waals surface area contributed by atoms with Gasteiger partial charge < -0.3 is 15.1 Å². The third-order valence-electron chi connectivity index (χ3n) is 3.06. The number of likely N-dealkylation sites (N-methyl/N-ethyl adjacent to an activating group) is 1. The van der Waals surface area contributed by atoms with Crippen molar-refractivity contribution in [3.05, 3.63) is 23.9 Å². The summed E-state index contributed by atoms with van der Waals surface area (Å²) < 4.78 is 0. The van der Waals surface area contributed by atoms with Crippen LogP contribution in [0.1, 0.15) is 24.2 Å². The second kappa shape index (κ2) is 7.74. The van der Waals surface area contributed by atoms with Crippen LogP contribution in [0, 0.1) is 0 Å². The predicted molar refractivity (Wildman–Crippen MR) is 78.7 cm³/mol. The molecule has 0 aliphatic heterocycles. The van der Waals surface area contributed by atoms with Gasteiger partial charge in [0, 0.05) is 33.4 Å². The van der Waals surface area contributed by atoms with Gasteiger partial charge in [-0.2, -0.15) is 0 Å². The Labute approximate surface area is 115 Å². The molecule has 106 valence electrons. The van der Waals surface area contributed by atoms with Gasteiger partial charge in [0.15, 0.2) is 0 Å². The van der Waals surface area contributed by atoms with Crippen molar-refractivity contribution in [2.75, 3.05) is 45.2 Å². The van der Waals surface area contributed by atoms with Gasteiger partial charge in [-0.25, -0.2) is 4.98 Å². The van der Waals surface area contributed by atoms with E-state index in [0.29, 0.717) is 17.9 Å². The normalized spacial score (nSPS) is 10.6. The van der Waals surface area contributed by atoms with Crippen molar-refractivity contribution < 1.29 is 4.79 Å². The van der Waals surface area contributed by atoms with Gasteiger partial charge in [0.2, 0.25) is 0 Å². The highest BCUT2D eigenvalue weighted by atomic mass is 16.1. The first kappa shape index (κ1) is 15.4. The lowest BCUT2D eigenvalue weighted by molar-refractivity contribution is 0.0949. The molecule has 1 aromatic rings. The Hall–Kier alpha value is -1.62. The quantitative estimate of drug-likeness (QED) is 0.804. The molecule has 19 heavy (non-hydrogen) atoms. The lowest BCUT2D eigenvalue weighted by atomic mass is 10.2. The molecule has 0 spiro atoms. The molecule has 0 saturated heterocycles. The van der Waals surface area contributed by atoms with Crippen molar-refractivity contribution in [2.24, 2.45) is 0 Å². The van der Waals surface area contributed by atoms with Gasteiger partial charge in [0.25, 0.3) is 5.91 Å². The highest BCUT2D eigenvalue weighted by molar-refractivity contribution is 5.98. The first-order valence-corrected chi connectivity index (χ1v) is 6.73. The summed E-state index contributed by atoms with van der Waals surface area (Å²) in [6.07, 6.45) is 1.70. The maximum Gasteiger partial charge on any atom is 0.255 e. The lowest BCUT2D eigenvalue weighted by Gasteiger charge is -2.19. The molecule has 1 heterocycles. The van der Waals surface area contributed by atoms with Crippen LogP contribution in [0.15, 0.2) is 18.3 Å². The summed E-state index contributed by atoms with van der Waals surface area (Å²) in [6, 6.07) is 3.58. The van der Waals surface area contributed by atoms with E-state index in [0.717, 1.165) is 19.6 Å². The zero-order valence-corrected chi connectivity index (χ0v) is 12.3. The minimum absolute atomic E-state index is 0.0658. The largest absolute Gasteiger partial charge is 0.362 e. The maximum absolute atomic E-state index is 12.1. The van der Waals surface area contributed by atoms with E-state index >= 15 is 0 Å². The average molecular weight is 264 g/mol. The highest BCUT2D eigenvalue weighted by Gasteiger charge is 2.13. The summed E-state index contributed by atoms with van der Waals surface area (Å²) in [5, 5.41) is 2.95. The van der Waals surface area contributed by atoms with Crippen molar-refractivity contribution in [1.82, 2.24) is 15.2 Å². The third kappa shape index (κ3) is 4.52. The van der Waals surface area contributed by atoms with E-state index in [1.54, 1.807) is 18.3 Å². The SMILES string of the molecule is CCN(CC)CCNC(=O)c1cccnc1N(C)C. The van der Waals surface area contributed by atoms with Gasteiger partial charge in [0.1, 0.15) is 5.82 Å². The summed E-state index contributed by atoms with van der Waals surface area (Å²) in [7, 11) is 3.77. The zero-order chi connectivity index (χ0) is 14.3. The Morgan fingerprint density at radius 2 is 2.00 bits per heavy atom. The number of anilines is 1. The van der Waals surface area contributed by atoms with Crippen molar-refractivity contribution >= 4 is 11.7 Å². The van der Waals surface area contributed by atoms with Gasteiger partial charge >= 0.3 is 0 Å². The fourth-order valence-corrected chi connectivity index (χ4v) is 1.89. The van der Waals surface area contributed by atoms with Crippen LogP contribution in [-0.2, 0) is 0 Å². The third-order valence-corrected chi connectivity index (χ3v) is 3.06. The fourth-order valence-electron chi connectivity index (χ4n) is 1.89. The number of nitrogens with zero attached hydrogens (tertiary/aromatic N) is 3. The summed E-state index contributed by atoms with van der Waals surface area (Å²) in [5.74, 6) is 0.631. The Kier molecular flexibility index (Phi) is 6.29. The number of aromatic nitrogens is 1. The van der Waals surface area contributed by atoms with Crippen LogP contribution >= 0.6 is 0 Å². The molecule has 5 nitrogen and oxygen atoms in total. The first-order valence-electron chi connectivity index (χ1n) is 6.73. The van der Waals surface area contributed by atoms with E-state index in [-0.39, 0.29) is 5.91 Å². The summed E-state index contributed by atoms with van der Waals surface area (Å²) in [5.41, 5.74) is 0.618. The highest BCUT2D eigenvalue weighted by Crippen LogP contribution is 2.13. The van der Waals surface area contributed by atoms with Crippen LogP contribution in [-0.4, -0.2) is 56.1 Å². The van der Waals surface area contributed by atoms with E-state index in [4.69, 9.17) is 0 Å². The van der Waals surface area contributed by atoms with Crippen molar-refractivity contribution in [1.29, 1.82) is 0 Å². The van der Waals surface area contributed by atoms with Gasteiger partial charge in [-0.15, -0.1) is 0 Å². The molecule has 0 saturated carbocycles. The van der Waals surface area contributed by atoms with E-state index < -0.39 is 0 Å². The maximum atomic E-state index is 12.1. The van der Waals surface area contributed by atoms with Crippen molar-refractivity contribution in [3.8, 4) is 0 Å². The van der Waals surface area contributed by atoms with Crippen LogP contribution in [0.2, 0.25) is 0 Å². The number of carbonyl (C=O) groups is 1. The number of nitrogens with one attached hydrogen (secondary N) is 1. The number of hydrogen-bond acceptors (Lipinski definition) is 4. The molecular weight excluding hydrogens is 240 g/mol. The molecule has 0 fully saturated rings. The Balaban J connectivity index is 2.59. The number of carbonyl (C=O) groups excluding carboxylic acids is 1. The van der Waals surface area contributed by atoms with Crippen molar-refractivity contribution in [2.45, 2.75) is 13.8 Å². The monoisotopic (exact) mass is 264 g/mol. The molecular formula is C14H24N4O. The number of amides is 1. The van der Waals surface area contributed by atoms with Crippen LogP contribution in [0.3, 0.4) is 0 Å². The molecule has 0 bridgehead atoms. The molecule has 1 amide bonds. The van der Waals surface area contributed by atoms with Gasteiger partial charge in [-0.1, -0.05) is 13.8 Å². The van der Waals surface area contributed by atoms with E-state index in [9.17, 15) is 4.79 Å². The van der Waals surface area contributed by atoms with E-state index in [1.807, 2.05) is 19.0 Å². The standard InChI is InChI=1S/C14H24N4O/c1-5-18(6-2)11-10-16-14(19)12-8-7-9-15-13(12)17(3)4/h7-9H,5-6,10-11H2,1-4H3,(H,16,19). The molecule has 1 N–H and O–H groups in total. The van der Waals surface area contributed by atoms with Gasteiger partial charge in [0.05, 0.1) is 5.56 Å². The average Bonchev–Trinajstić information content (AvgIpc) is 2.43. The van der Waals surface area contributed by atoms with Gasteiger partial charge in [-0.3, -0.25) is 4.79 Å². The number of rotatable bonds is 7. The van der Waals surface area contributed by atoms with Gasteiger partial charge in [-0.05, 0) is 25.2 Å². The zero-order valence-electron chi connectivity index (χ0n) is 12.3. The van der Waals surface area contributed by atoms with Crippen LogP contribution < -0.4 is 10.2 Å². The van der Waals surface area contributed by atoms with E-state index in [2.05, 4.69) is 29.0 Å². The lowest BCUT2D eigenvalue weighted by Crippen LogP contribution is -2.35. The van der Waals surface area contributed by atoms with E-state index in [1.165, 1.54) is 0 Å². The molecule has 0 atom stereocenters. The molecule has 0 unspecified atom stereocenters. The first-order chi connectivity index (χ1) is 9.10. The van der Waals surface area contributed by atoms with Crippen LogP contribution in [0.4, 0.5) is 5.82 Å².